The average Bonchev–Trinajstić information content (AvgIpc) is 3.04. The lowest BCUT2D eigenvalue weighted by Gasteiger charge is -2.13. The van der Waals surface area contributed by atoms with Crippen LogP contribution in [-0.2, 0) is 10.0 Å². The molecule has 3 aromatic rings. The van der Waals surface area contributed by atoms with Gasteiger partial charge in [-0.3, -0.25) is 14.8 Å². The molecule has 1 heterocycles. The maximum Gasteiger partial charge on any atom is 0.319 e. The number of amides is 3. The summed E-state index contributed by atoms with van der Waals surface area (Å²) in [6.07, 6.45) is 0. The van der Waals surface area contributed by atoms with Gasteiger partial charge in [-0.15, -0.1) is 11.3 Å². The molecule has 0 aliphatic heterocycles. The van der Waals surface area contributed by atoms with Gasteiger partial charge in [-0.25, -0.2) is 13.2 Å². The maximum absolute atomic E-state index is 12.9. The first-order valence-corrected chi connectivity index (χ1v) is 11.8. The molecule has 3 rings (SSSR count). The average molecular weight is 461 g/mol. The molecule has 10 heteroatoms. The Balaban J connectivity index is 2.18. The van der Waals surface area contributed by atoms with Crippen LogP contribution in [0.15, 0.2) is 41.3 Å². The summed E-state index contributed by atoms with van der Waals surface area (Å²) in [5.41, 5.74) is 7.71. The van der Waals surface area contributed by atoms with E-state index in [4.69, 9.17) is 5.73 Å². The van der Waals surface area contributed by atoms with Gasteiger partial charge in [0.25, 0.3) is 15.9 Å². The number of urea groups is 1. The van der Waals surface area contributed by atoms with Crippen LogP contribution in [0.25, 0.3) is 10.1 Å². The van der Waals surface area contributed by atoms with Crippen LogP contribution in [0, 0.1) is 6.92 Å². The monoisotopic (exact) mass is 460 g/mol. The van der Waals surface area contributed by atoms with Gasteiger partial charge in [0.15, 0.2) is 0 Å². The second-order valence-corrected chi connectivity index (χ2v) is 10.1. The van der Waals surface area contributed by atoms with Gasteiger partial charge >= 0.3 is 6.03 Å². The first-order chi connectivity index (χ1) is 14.5. The number of benzene rings is 2. The molecule has 0 radical (unpaired) electrons. The van der Waals surface area contributed by atoms with Crippen LogP contribution in [0.5, 0.6) is 0 Å². The Bertz CT molecular complexity index is 1280. The lowest BCUT2D eigenvalue weighted by atomic mass is 9.99. The van der Waals surface area contributed by atoms with Gasteiger partial charge in [0.1, 0.15) is 5.00 Å². The number of thiophene rings is 1. The van der Waals surface area contributed by atoms with E-state index in [1.807, 2.05) is 26.8 Å². The molecule has 0 saturated carbocycles. The highest BCUT2D eigenvalue weighted by Crippen LogP contribution is 2.42. The van der Waals surface area contributed by atoms with Crippen LogP contribution in [0.2, 0.25) is 0 Å². The molecule has 0 saturated heterocycles. The molecule has 1 aromatic heterocycles. The standard InChI is InChI=1S/C21H24N4O4S2/c1-11(2)15-9-13(25-31(28,29)14-7-5-6-12(3)8-14)10-16-17(19(22)26)20(30-18(15)16)24-21(27)23-4/h5-11,25H,1-4H3,(H2,22,26)(H2,23,24,27). The fourth-order valence-electron chi connectivity index (χ4n) is 3.21. The summed E-state index contributed by atoms with van der Waals surface area (Å²) in [6.45, 7) is 5.74. The second kappa shape index (κ2) is 8.56. The second-order valence-electron chi connectivity index (χ2n) is 7.39. The first kappa shape index (κ1) is 22.6. The molecule has 164 valence electrons. The number of nitrogens with two attached hydrogens (primary N) is 1. The SMILES string of the molecule is CNC(=O)Nc1sc2c(C(C)C)cc(NS(=O)(=O)c3cccc(C)c3)cc2c1C(N)=O. The third kappa shape index (κ3) is 4.64. The van der Waals surface area contributed by atoms with E-state index in [2.05, 4.69) is 15.4 Å². The highest BCUT2D eigenvalue weighted by atomic mass is 32.2. The molecule has 3 amide bonds. The molecular formula is C21H24N4O4S2. The number of rotatable bonds is 6. The fourth-order valence-corrected chi connectivity index (χ4v) is 5.70. The summed E-state index contributed by atoms with van der Waals surface area (Å²) in [5, 5.41) is 5.86. The van der Waals surface area contributed by atoms with Crippen molar-refractivity contribution in [3.05, 3.63) is 53.1 Å². The minimum absolute atomic E-state index is 0.0261. The highest BCUT2D eigenvalue weighted by molar-refractivity contribution is 7.92. The van der Waals surface area contributed by atoms with Gasteiger partial charge in [-0.05, 0) is 48.2 Å². The van der Waals surface area contributed by atoms with E-state index >= 15 is 0 Å². The number of primary amides is 1. The number of carbonyl (C=O) groups excluding carboxylic acids is 2. The molecular weight excluding hydrogens is 436 g/mol. The molecule has 0 unspecified atom stereocenters. The van der Waals surface area contributed by atoms with E-state index in [1.165, 1.54) is 24.5 Å². The van der Waals surface area contributed by atoms with E-state index in [1.54, 1.807) is 24.3 Å². The smallest absolute Gasteiger partial charge is 0.319 e. The summed E-state index contributed by atoms with van der Waals surface area (Å²) in [7, 11) is -2.38. The zero-order chi connectivity index (χ0) is 22.9. The normalized spacial score (nSPS) is 11.5. The van der Waals surface area contributed by atoms with Crippen LogP contribution in [0.4, 0.5) is 15.5 Å². The molecule has 0 aliphatic carbocycles. The highest BCUT2D eigenvalue weighted by Gasteiger charge is 2.23. The molecule has 0 aliphatic rings. The molecule has 5 N–H and O–H groups in total. The Kier molecular flexibility index (Phi) is 6.23. The summed E-state index contributed by atoms with van der Waals surface area (Å²) in [6, 6.07) is 9.41. The predicted molar refractivity (Wildman–Crippen MR) is 124 cm³/mol. The van der Waals surface area contributed by atoms with Gasteiger partial charge in [0, 0.05) is 22.8 Å². The van der Waals surface area contributed by atoms with E-state index < -0.39 is 22.0 Å². The third-order valence-electron chi connectivity index (χ3n) is 4.69. The van der Waals surface area contributed by atoms with Gasteiger partial charge in [-0.1, -0.05) is 26.0 Å². The van der Waals surface area contributed by atoms with E-state index in [-0.39, 0.29) is 16.4 Å². The predicted octanol–water partition coefficient (Wildman–Crippen LogP) is 3.98. The summed E-state index contributed by atoms with van der Waals surface area (Å²) < 4.78 is 29.2. The Morgan fingerprint density at radius 1 is 1.13 bits per heavy atom. The van der Waals surface area contributed by atoms with Crippen molar-refractivity contribution in [1.29, 1.82) is 0 Å². The van der Waals surface area contributed by atoms with Crippen molar-refractivity contribution in [2.45, 2.75) is 31.6 Å². The lowest BCUT2D eigenvalue weighted by Crippen LogP contribution is -2.25. The van der Waals surface area contributed by atoms with Crippen molar-refractivity contribution in [1.82, 2.24) is 5.32 Å². The number of carbonyl (C=O) groups is 2. The van der Waals surface area contributed by atoms with Crippen molar-refractivity contribution in [2.75, 3.05) is 17.1 Å². The van der Waals surface area contributed by atoms with Crippen LogP contribution < -0.4 is 21.1 Å². The van der Waals surface area contributed by atoms with Crippen molar-refractivity contribution < 1.29 is 18.0 Å². The minimum atomic E-state index is -3.84. The van der Waals surface area contributed by atoms with Crippen molar-refractivity contribution in [2.24, 2.45) is 5.73 Å². The molecule has 0 bridgehead atoms. The largest absolute Gasteiger partial charge is 0.365 e. The van der Waals surface area contributed by atoms with Crippen LogP contribution in [0.3, 0.4) is 0 Å². The number of nitrogens with one attached hydrogen (secondary N) is 3. The quantitative estimate of drug-likeness (QED) is 0.443. The number of fused-ring (bicyclic) bond motifs is 1. The van der Waals surface area contributed by atoms with E-state index in [9.17, 15) is 18.0 Å². The molecule has 8 nitrogen and oxygen atoms in total. The van der Waals surface area contributed by atoms with Crippen molar-refractivity contribution >= 4 is 54.1 Å². The van der Waals surface area contributed by atoms with Crippen LogP contribution >= 0.6 is 11.3 Å². The zero-order valence-electron chi connectivity index (χ0n) is 17.6. The fraction of sp³-hybridized carbons (Fsp3) is 0.238. The molecule has 31 heavy (non-hydrogen) atoms. The third-order valence-corrected chi connectivity index (χ3v) is 7.24. The number of aryl methyl sites for hydroxylation is 1. The van der Waals surface area contributed by atoms with Gasteiger partial charge < -0.3 is 11.1 Å². The number of hydrogen-bond acceptors (Lipinski definition) is 5. The van der Waals surface area contributed by atoms with Crippen LogP contribution in [-0.4, -0.2) is 27.4 Å². The summed E-state index contributed by atoms with van der Waals surface area (Å²) in [5.74, 6) is -0.691. The van der Waals surface area contributed by atoms with E-state index in [0.717, 1.165) is 15.8 Å². The molecule has 0 atom stereocenters. The van der Waals surface area contributed by atoms with E-state index in [0.29, 0.717) is 16.1 Å². The Hall–Kier alpha value is -3.11. The summed E-state index contributed by atoms with van der Waals surface area (Å²) in [4.78, 5) is 24.2. The number of anilines is 2. The van der Waals surface area contributed by atoms with Gasteiger partial charge in [0.2, 0.25) is 0 Å². The number of hydrogen-bond donors (Lipinski definition) is 4. The Morgan fingerprint density at radius 2 is 1.84 bits per heavy atom. The number of sulfonamides is 1. The van der Waals surface area contributed by atoms with Crippen molar-refractivity contribution in [3.63, 3.8) is 0 Å². The Labute approximate surface area is 184 Å². The summed E-state index contributed by atoms with van der Waals surface area (Å²) >= 11 is 1.23. The van der Waals surface area contributed by atoms with Crippen molar-refractivity contribution in [3.8, 4) is 0 Å². The Morgan fingerprint density at radius 3 is 2.42 bits per heavy atom. The zero-order valence-corrected chi connectivity index (χ0v) is 19.2. The molecule has 0 fully saturated rings. The topological polar surface area (TPSA) is 130 Å². The lowest BCUT2D eigenvalue weighted by molar-refractivity contribution is 0.100. The maximum atomic E-state index is 12.9. The van der Waals surface area contributed by atoms with Gasteiger partial charge in [0.05, 0.1) is 10.5 Å². The molecule has 2 aromatic carbocycles. The van der Waals surface area contributed by atoms with Gasteiger partial charge in [-0.2, -0.15) is 0 Å². The minimum Gasteiger partial charge on any atom is -0.365 e. The molecule has 0 spiro atoms. The first-order valence-electron chi connectivity index (χ1n) is 9.52. The van der Waals surface area contributed by atoms with Crippen LogP contribution in [0.1, 0.15) is 41.3 Å².